The molecule has 6 nitrogen and oxygen atoms in total. The fourth-order valence-corrected chi connectivity index (χ4v) is 2.47. The van der Waals surface area contributed by atoms with Gasteiger partial charge in [0.05, 0.1) is 25.2 Å². The average molecular weight is 334 g/mol. The molecule has 1 amide bonds. The van der Waals surface area contributed by atoms with E-state index in [2.05, 4.69) is 15.3 Å². The molecule has 126 valence electrons. The fraction of sp³-hybridized carbons (Fsp3) is 0.105. The number of hydrogen-bond acceptors (Lipinski definition) is 5. The Morgan fingerprint density at radius 3 is 2.64 bits per heavy atom. The van der Waals surface area contributed by atoms with Crippen LogP contribution in [0.25, 0.3) is 11.3 Å². The van der Waals surface area contributed by atoms with Gasteiger partial charge in [-0.1, -0.05) is 42.5 Å². The zero-order valence-electron chi connectivity index (χ0n) is 13.7. The summed E-state index contributed by atoms with van der Waals surface area (Å²) in [7, 11) is 1.61. The highest BCUT2D eigenvalue weighted by Crippen LogP contribution is 2.24. The Morgan fingerprint density at radius 2 is 1.92 bits per heavy atom. The van der Waals surface area contributed by atoms with Crippen LogP contribution < -0.4 is 15.8 Å². The molecule has 0 saturated heterocycles. The molecular weight excluding hydrogens is 316 g/mol. The number of hydrogen-bond donors (Lipinski definition) is 2. The van der Waals surface area contributed by atoms with Crippen LogP contribution in [0.1, 0.15) is 11.6 Å². The molecule has 6 heteroatoms. The van der Waals surface area contributed by atoms with E-state index in [0.717, 1.165) is 16.9 Å². The molecule has 0 spiro atoms. The van der Waals surface area contributed by atoms with E-state index in [1.807, 2.05) is 54.6 Å². The maximum atomic E-state index is 11.8. The SMILES string of the molecule is COc1cccc(-c2cncc(NC(C(N)=O)c3ccccc3)n2)c1. The second-order valence-corrected chi connectivity index (χ2v) is 5.41. The van der Waals surface area contributed by atoms with Gasteiger partial charge in [0.2, 0.25) is 5.91 Å². The molecule has 2 aromatic carbocycles. The summed E-state index contributed by atoms with van der Waals surface area (Å²) in [6.45, 7) is 0. The number of carbonyl (C=O) groups is 1. The predicted molar refractivity (Wildman–Crippen MR) is 96.0 cm³/mol. The number of nitrogens with zero attached hydrogens (tertiary/aromatic N) is 2. The number of amides is 1. The highest BCUT2D eigenvalue weighted by Gasteiger charge is 2.18. The lowest BCUT2D eigenvalue weighted by Gasteiger charge is -2.16. The smallest absolute Gasteiger partial charge is 0.244 e. The normalized spacial score (nSPS) is 11.6. The second-order valence-electron chi connectivity index (χ2n) is 5.41. The van der Waals surface area contributed by atoms with Crippen LogP contribution in [0.4, 0.5) is 5.82 Å². The minimum Gasteiger partial charge on any atom is -0.497 e. The summed E-state index contributed by atoms with van der Waals surface area (Å²) >= 11 is 0. The topological polar surface area (TPSA) is 90.1 Å². The Hall–Kier alpha value is -3.41. The number of benzene rings is 2. The van der Waals surface area contributed by atoms with E-state index in [1.165, 1.54) is 0 Å². The molecule has 0 aliphatic heterocycles. The summed E-state index contributed by atoms with van der Waals surface area (Å²) in [5.74, 6) is 0.713. The van der Waals surface area contributed by atoms with Gasteiger partial charge in [0, 0.05) is 5.56 Å². The molecule has 0 radical (unpaired) electrons. The predicted octanol–water partition coefficient (Wildman–Crippen LogP) is 2.79. The van der Waals surface area contributed by atoms with Crippen LogP contribution in [0.3, 0.4) is 0 Å². The van der Waals surface area contributed by atoms with E-state index in [4.69, 9.17) is 10.5 Å². The average Bonchev–Trinajstić information content (AvgIpc) is 2.67. The molecule has 0 bridgehead atoms. The molecule has 3 N–H and O–H groups in total. The van der Waals surface area contributed by atoms with Gasteiger partial charge in [-0.25, -0.2) is 4.98 Å². The molecule has 3 rings (SSSR count). The number of ether oxygens (including phenoxy) is 1. The molecule has 25 heavy (non-hydrogen) atoms. The lowest BCUT2D eigenvalue weighted by molar-refractivity contribution is -0.118. The van der Waals surface area contributed by atoms with Crippen molar-refractivity contribution in [1.29, 1.82) is 0 Å². The van der Waals surface area contributed by atoms with Gasteiger partial charge in [-0.2, -0.15) is 0 Å². The van der Waals surface area contributed by atoms with Crippen LogP contribution in [0.15, 0.2) is 67.0 Å². The molecule has 0 aliphatic carbocycles. The molecule has 1 atom stereocenters. The summed E-state index contributed by atoms with van der Waals surface area (Å²) in [6.07, 6.45) is 3.21. The Morgan fingerprint density at radius 1 is 1.12 bits per heavy atom. The quantitative estimate of drug-likeness (QED) is 0.723. The van der Waals surface area contributed by atoms with Crippen LogP contribution in [0.5, 0.6) is 5.75 Å². The number of nitrogens with one attached hydrogen (secondary N) is 1. The Bertz CT molecular complexity index is 868. The molecule has 1 heterocycles. The summed E-state index contributed by atoms with van der Waals surface area (Å²) < 4.78 is 5.24. The highest BCUT2D eigenvalue weighted by molar-refractivity contribution is 5.84. The van der Waals surface area contributed by atoms with Gasteiger partial charge < -0.3 is 15.8 Å². The largest absolute Gasteiger partial charge is 0.497 e. The number of primary amides is 1. The maximum absolute atomic E-state index is 11.8. The second kappa shape index (κ2) is 7.44. The number of aromatic nitrogens is 2. The number of nitrogens with two attached hydrogens (primary N) is 1. The first-order valence-electron chi connectivity index (χ1n) is 7.74. The Balaban J connectivity index is 1.89. The number of rotatable bonds is 6. The number of anilines is 1. The van der Waals surface area contributed by atoms with E-state index in [1.54, 1.807) is 19.5 Å². The van der Waals surface area contributed by atoms with E-state index in [-0.39, 0.29) is 0 Å². The van der Waals surface area contributed by atoms with Crippen molar-refractivity contribution in [1.82, 2.24) is 9.97 Å². The van der Waals surface area contributed by atoms with Gasteiger partial charge >= 0.3 is 0 Å². The van der Waals surface area contributed by atoms with E-state index in [0.29, 0.717) is 11.5 Å². The molecule has 3 aromatic rings. The van der Waals surface area contributed by atoms with E-state index in [9.17, 15) is 4.79 Å². The molecular formula is C19H18N4O2. The van der Waals surface area contributed by atoms with Crippen molar-refractivity contribution in [3.8, 4) is 17.0 Å². The van der Waals surface area contributed by atoms with Crippen LogP contribution in [0.2, 0.25) is 0 Å². The zero-order valence-corrected chi connectivity index (χ0v) is 13.7. The van der Waals surface area contributed by atoms with Gasteiger partial charge in [-0.05, 0) is 17.7 Å². The monoisotopic (exact) mass is 334 g/mol. The summed E-state index contributed by atoms with van der Waals surface area (Å²) in [6, 6.07) is 16.1. The molecule has 0 aliphatic rings. The van der Waals surface area contributed by atoms with Crippen molar-refractivity contribution in [2.45, 2.75) is 6.04 Å². The van der Waals surface area contributed by atoms with Crippen LogP contribution in [0, 0.1) is 0 Å². The Kier molecular flexibility index (Phi) is 4.89. The zero-order chi connectivity index (χ0) is 17.6. The third-order valence-corrected chi connectivity index (χ3v) is 3.71. The van der Waals surface area contributed by atoms with Crippen LogP contribution in [-0.4, -0.2) is 23.0 Å². The summed E-state index contributed by atoms with van der Waals surface area (Å²) in [5, 5.41) is 3.05. The van der Waals surface area contributed by atoms with Crippen molar-refractivity contribution in [2.24, 2.45) is 5.73 Å². The van der Waals surface area contributed by atoms with Crippen molar-refractivity contribution >= 4 is 11.7 Å². The van der Waals surface area contributed by atoms with Crippen molar-refractivity contribution in [2.75, 3.05) is 12.4 Å². The maximum Gasteiger partial charge on any atom is 0.244 e. The molecule has 0 saturated carbocycles. The van der Waals surface area contributed by atoms with E-state index < -0.39 is 11.9 Å². The van der Waals surface area contributed by atoms with Crippen LogP contribution in [-0.2, 0) is 4.79 Å². The first-order chi connectivity index (χ1) is 12.2. The van der Waals surface area contributed by atoms with Crippen molar-refractivity contribution in [3.63, 3.8) is 0 Å². The molecule has 1 aromatic heterocycles. The lowest BCUT2D eigenvalue weighted by Crippen LogP contribution is -2.28. The summed E-state index contributed by atoms with van der Waals surface area (Å²) in [5.41, 5.74) is 7.84. The fourth-order valence-electron chi connectivity index (χ4n) is 2.47. The Labute approximate surface area is 145 Å². The summed E-state index contributed by atoms with van der Waals surface area (Å²) in [4.78, 5) is 20.6. The lowest BCUT2D eigenvalue weighted by atomic mass is 10.1. The van der Waals surface area contributed by atoms with Gasteiger partial charge in [-0.3, -0.25) is 9.78 Å². The highest BCUT2D eigenvalue weighted by atomic mass is 16.5. The van der Waals surface area contributed by atoms with E-state index >= 15 is 0 Å². The molecule has 1 unspecified atom stereocenters. The van der Waals surface area contributed by atoms with Crippen molar-refractivity contribution in [3.05, 3.63) is 72.6 Å². The third-order valence-electron chi connectivity index (χ3n) is 3.71. The third kappa shape index (κ3) is 3.92. The first kappa shape index (κ1) is 16.4. The molecule has 0 fully saturated rings. The standard InChI is InChI=1S/C19H18N4O2/c1-25-15-9-5-8-14(10-15)16-11-21-12-17(22-16)23-18(19(20)24)13-6-3-2-4-7-13/h2-12,18H,1H3,(H2,20,24)(H,22,23). The van der Waals surface area contributed by atoms with Gasteiger partial charge in [0.15, 0.2) is 0 Å². The minimum absolute atomic E-state index is 0.466. The van der Waals surface area contributed by atoms with Gasteiger partial charge in [-0.15, -0.1) is 0 Å². The number of methoxy groups -OCH3 is 1. The van der Waals surface area contributed by atoms with Crippen molar-refractivity contribution < 1.29 is 9.53 Å². The van der Waals surface area contributed by atoms with Gasteiger partial charge in [0.1, 0.15) is 17.6 Å². The first-order valence-corrected chi connectivity index (χ1v) is 7.74. The minimum atomic E-state index is -0.684. The number of carbonyl (C=O) groups excluding carboxylic acids is 1. The van der Waals surface area contributed by atoms with Crippen LogP contribution >= 0.6 is 0 Å². The van der Waals surface area contributed by atoms with Gasteiger partial charge in [0.25, 0.3) is 0 Å².